The molecule has 34 heavy (non-hydrogen) atoms. The molecule has 2 fully saturated rings. The van der Waals surface area contributed by atoms with Crippen molar-refractivity contribution in [1.82, 2.24) is 9.80 Å². The van der Waals surface area contributed by atoms with Crippen molar-refractivity contribution in [2.75, 3.05) is 27.3 Å². The molecule has 7 heteroatoms. The van der Waals surface area contributed by atoms with Gasteiger partial charge in [-0.25, -0.2) is 0 Å². The zero-order valence-corrected chi connectivity index (χ0v) is 20.9. The fraction of sp³-hybridized carbons (Fsp3) is 0.481. The average molecular weight is 485 g/mol. The van der Waals surface area contributed by atoms with E-state index < -0.39 is 6.04 Å². The molecule has 0 bridgehead atoms. The number of hydrogen-bond acceptors (Lipinski definition) is 4. The Balaban J connectivity index is 1.64. The van der Waals surface area contributed by atoms with Crippen molar-refractivity contribution in [3.63, 3.8) is 0 Å². The third kappa shape index (κ3) is 5.17. The second-order valence-electron chi connectivity index (χ2n) is 9.36. The van der Waals surface area contributed by atoms with Gasteiger partial charge in [-0.1, -0.05) is 36.7 Å². The first-order valence-electron chi connectivity index (χ1n) is 12.0. The lowest BCUT2D eigenvalue weighted by atomic mass is 9.85. The van der Waals surface area contributed by atoms with E-state index in [0.29, 0.717) is 35.4 Å². The monoisotopic (exact) mass is 484 g/mol. The Morgan fingerprint density at radius 3 is 2.26 bits per heavy atom. The molecule has 1 aliphatic heterocycles. The molecule has 0 unspecified atom stereocenters. The SMILES string of the molecule is COc1ccc([C@H]2C(=O)N(C3CCC(C)CC3)CC(=O)N2CCc2ccc(Cl)cc2)cc1OC. The highest BCUT2D eigenvalue weighted by Crippen LogP contribution is 2.37. The third-order valence-electron chi connectivity index (χ3n) is 7.16. The Kier molecular flexibility index (Phi) is 7.67. The van der Waals surface area contributed by atoms with Crippen LogP contribution in [0.3, 0.4) is 0 Å². The van der Waals surface area contributed by atoms with E-state index in [4.69, 9.17) is 21.1 Å². The summed E-state index contributed by atoms with van der Waals surface area (Å²) in [6, 6.07) is 12.5. The third-order valence-corrected chi connectivity index (χ3v) is 7.41. The van der Waals surface area contributed by atoms with E-state index in [9.17, 15) is 9.59 Å². The minimum absolute atomic E-state index is 0.0116. The second-order valence-corrected chi connectivity index (χ2v) is 9.80. The van der Waals surface area contributed by atoms with E-state index in [1.54, 1.807) is 25.2 Å². The number of halogens is 1. The van der Waals surface area contributed by atoms with Gasteiger partial charge in [0, 0.05) is 17.6 Å². The summed E-state index contributed by atoms with van der Waals surface area (Å²) in [6.45, 7) is 2.84. The highest BCUT2D eigenvalue weighted by molar-refractivity contribution is 6.30. The van der Waals surface area contributed by atoms with Crippen LogP contribution in [0.25, 0.3) is 0 Å². The number of hydrogen-bond donors (Lipinski definition) is 0. The highest BCUT2D eigenvalue weighted by atomic mass is 35.5. The van der Waals surface area contributed by atoms with Crippen molar-refractivity contribution in [3.8, 4) is 11.5 Å². The van der Waals surface area contributed by atoms with Crippen molar-refractivity contribution in [2.45, 2.75) is 51.1 Å². The number of nitrogens with zero attached hydrogens (tertiary/aromatic N) is 2. The molecule has 182 valence electrons. The smallest absolute Gasteiger partial charge is 0.250 e. The predicted molar refractivity (Wildman–Crippen MR) is 132 cm³/mol. The van der Waals surface area contributed by atoms with Crippen LogP contribution in [0.4, 0.5) is 0 Å². The van der Waals surface area contributed by atoms with Gasteiger partial charge in [-0.05, 0) is 73.4 Å². The van der Waals surface area contributed by atoms with E-state index in [-0.39, 0.29) is 24.4 Å². The van der Waals surface area contributed by atoms with Crippen LogP contribution in [0.15, 0.2) is 42.5 Å². The number of carbonyl (C=O) groups is 2. The summed E-state index contributed by atoms with van der Waals surface area (Å²) in [5.74, 6) is 1.77. The quantitative estimate of drug-likeness (QED) is 0.561. The Hall–Kier alpha value is -2.73. The van der Waals surface area contributed by atoms with Gasteiger partial charge < -0.3 is 19.3 Å². The van der Waals surface area contributed by atoms with Gasteiger partial charge in [-0.2, -0.15) is 0 Å². The summed E-state index contributed by atoms with van der Waals surface area (Å²) >= 11 is 6.02. The highest BCUT2D eigenvalue weighted by Gasteiger charge is 2.43. The molecule has 2 aliphatic rings. The largest absolute Gasteiger partial charge is 0.493 e. The minimum Gasteiger partial charge on any atom is -0.493 e. The standard InChI is InChI=1S/C27H33ClN2O4/c1-18-4-11-22(12-5-18)30-17-25(31)29(15-14-19-6-9-21(28)10-7-19)26(27(30)32)20-8-13-23(33-2)24(16-20)34-3/h6-10,13,16,18,22,26H,4-5,11-12,14-15,17H2,1-3H3/t18?,22?,26-/m0/s1. The summed E-state index contributed by atoms with van der Waals surface area (Å²) in [7, 11) is 3.15. The van der Waals surface area contributed by atoms with E-state index >= 15 is 0 Å². The van der Waals surface area contributed by atoms with Crippen LogP contribution in [0.2, 0.25) is 5.02 Å². The van der Waals surface area contributed by atoms with Gasteiger partial charge in [0.2, 0.25) is 5.91 Å². The first-order valence-corrected chi connectivity index (χ1v) is 12.4. The van der Waals surface area contributed by atoms with Gasteiger partial charge in [0.15, 0.2) is 11.5 Å². The van der Waals surface area contributed by atoms with Gasteiger partial charge in [-0.15, -0.1) is 0 Å². The maximum atomic E-state index is 13.9. The molecule has 0 radical (unpaired) electrons. The van der Waals surface area contributed by atoms with Crippen molar-refractivity contribution < 1.29 is 19.1 Å². The number of benzene rings is 2. The fourth-order valence-electron chi connectivity index (χ4n) is 5.11. The van der Waals surface area contributed by atoms with Gasteiger partial charge in [0.05, 0.1) is 14.2 Å². The summed E-state index contributed by atoms with van der Waals surface area (Å²) < 4.78 is 10.9. The number of carbonyl (C=O) groups excluding carboxylic acids is 2. The first kappa shape index (κ1) is 24.4. The van der Waals surface area contributed by atoms with Crippen molar-refractivity contribution >= 4 is 23.4 Å². The summed E-state index contributed by atoms with van der Waals surface area (Å²) in [4.78, 5) is 30.9. The van der Waals surface area contributed by atoms with Crippen LogP contribution in [-0.2, 0) is 16.0 Å². The molecule has 1 saturated carbocycles. The summed E-state index contributed by atoms with van der Waals surface area (Å²) in [5.41, 5.74) is 1.81. The number of amides is 2. The van der Waals surface area contributed by atoms with Crippen molar-refractivity contribution in [2.24, 2.45) is 5.92 Å². The fourth-order valence-corrected chi connectivity index (χ4v) is 5.24. The zero-order chi connectivity index (χ0) is 24.2. The zero-order valence-electron chi connectivity index (χ0n) is 20.1. The van der Waals surface area contributed by atoms with E-state index in [0.717, 1.165) is 36.8 Å². The molecule has 2 aromatic carbocycles. The number of methoxy groups -OCH3 is 2. The number of ether oxygens (including phenoxy) is 2. The number of piperazine rings is 1. The summed E-state index contributed by atoms with van der Waals surface area (Å²) in [6.07, 6.45) is 4.71. The van der Waals surface area contributed by atoms with Gasteiger partial charge in [0.1, 0.15) is 12.6 Å². The molecule has 4 rings (SSSR count). The lowest BCUT2D eigenvalue weighted by Gasteiger charge is -2.45. The van der Waals surface area contributed by atoms with Gasteiger partial charge in [-0.3, -0.25) is 9.59 Å². The Morgan fingerprint density at radius 2 is 1.62 bits per heavy atom. The minimum atomic E-state index is -0.687. The molecule has 1 aliphatic carbocycles. The molecule has 6 nitrogen and oxygen atoms in total. The maximum absolute atomic E-state index is 13.9. The molecule has 0 N–H and O–H groups in total. The Labute approximate surface area is 206 Å². The molecule has 1 saturated heterocycles. The lowest BCUT2D eigenvalue weighted by molar-refractivity contribution is -0.159. The molecule has 2 aromatic rings. The topological polar surface area (TPSA) is 59.1 Å². The maximum Gasteiger partial charge on any atom is 0.250 e. The Bertz CT molecular complexity index is 1020. The van der Waals surface area contributed by atoms with Crippen LogP contribution in [0.1, 0.15) is 49.8 Å². The molecule has 0 aromatic heterocycles. The first-order chi connectivity index (χ1) is 16.4. The van der Waals surface area contributed by atoms with Crippen LogP contribution in [-0.4, -0.2) is 55.0 Å². The van der Waals surface area contributed by atoms with Gasteiger partial charge >= 0.3 is 0 Å². The van der Waals surface area contributed by atoms with Crippen molar-refractivity contribution in [1.29, 1.82) is 0 Å². The average Bonchev–Trinajstić information content (AvgIpc) is 2.85. The van der Waals surface area contributed by atoms with E-state index in [1.165, 1.54) is 0 Å². The molecular weight excluding hydrogens is 452 g/mol. The van der Waals surface area contributed by atoms with E-state index in [1.807, 2.05) is 41.3 Å². The predicted octanol–water partition coefficient (Wildman–Crippen LogP) is 4.89. The lowest BCUT2D eigenvalue weighted by Crippen LogP contribution is -2.59. The number of rotatable bonds is 7. The van der Waals surface area contributed by atoms with Crippen LogP contribution in [0, 0.1) is 5.92 Å². The van der Waals surface area contributed by atoms with Gasteiger partial charge in [0.25, 0.3) is 5.91 Å². The molecule has 1 atom stereocenters. The summed E-state index contributed by atoms with van der Waals surface area (Å²) in [5, 5.41) is 0.675. The second kappa shape index (κ2) is 10.7. The van der Waals surface area contributed by atoms with Crippen LogP contribution in [0.5, 0.6) is 11.5 Å². The Morgan fingerprint density at radius 1 is 0.941 bits per heavy atom. The van der Waals surface area contributed by atoms with Crippen molar-refractivity contribution in [3.05, 3.63) is 58.6 Å². The normalized spacial score (nSPS) is 23.2. The molecular formula is C27H33ClN2O4. The molecule has 0 spiro atoms. The molecule has 1 heterocycles. The van der Waals surface area contributed by atoms with Crippen LogP contribution >= 0.6 is 11.6 Å². The van der Waals surface area contributed by atoms with Crippen LogP contribution < -0.4 is 9.47 Å². The van der Waals surface area contributed by atoms with E-state index in [2.05, 4.69) is 6.92 Å². The molecule has 2 amide bonds.